The minimum absolute atomic E-state index is 0.114. The first-order valence-electron chi connectivity index (χ1n) is 6.70. The van der Waals surface area contributed by atoms with Gasteiger partial charge in [0.05, 0.1) is 0 Å². The third-order valence-corrected chi connectivity index (χ3v) is 4.78. The lowest BCUT2D eigenvalue weighted by Crippen LogP contribution is -2.44. The molecule has 0 saturated carbocycles. The van der Waals surface area contributed by atoms with Gasteiger partial charge in [-0.25, -0.2) is 0 Å². The lowest BCUT2D eigenvalue weighted by atomic mass is 10.0. The largest absolute Gasteiger partial charge is 0.398 e. The summed E-state index contributed by atoms with van der Waals surface area (Å²) in [4.78, 5) is 14.6. The number of nitrogens with zero attached hydrogens (tertiary/aromatic N) is 1. The van der Waals surface area contributed by atoms with E-state index in [1.165, 1.54) is 0 Å². The molecule has 3 nitrogen and oxygen atoms in total. The molecule has 1 saturated heterocycles. The Kier molecular flexibility index (Phi) is 4.09. The lowest BCUT2D eigenvalue weighted by molar-refractivity contribution is 0.0752. The fraction of sp³-hybridized carbons (Fsp3) is 0.533. The monoisotopic (exact) mass is 278 g/mol. The molecule has 1 aliphatic rings. The quantitative estimate of drug-likeness (QED) is 0.804. The number of aryl methyl sites for hydroxylation is 2. The van der Waals surface area contributed by atoms with Crippen molar-refractivity contribution in [3.05, 3.63) is 28.8 Å². The van der Waals surface area contributed by atoms with Gasteiger partial charge in [0.15, 0.2) is 0 Å². The first-order chi connectivity index (χ1) is 8.88. The normalized spacial score (nSPS) is 23.5. The van der Waals surface area contributed by atoms with Gasteiger partial charge in [-0.2, -0.15) is 11.8 Å². The van der Waals surface area contributed by atoms with Crippen LogP contribution in [-0.4, -0.2) is 34.4 Å². The fourth-order valence-corrected chi connectivity index (χ4v) is 3.94. The third kappa shape index (κ3) is 3.06. The molecule has 104 valence electrons. The number of hydrogen-bond donors (Lipinski definition) is 1. The van der Waals surface area contributed by atoms with E-state index in [4.69, 9.17) is 5.73 Å². The van der Waals surface area contributed by atoms with Crippen molar-refractivity contribution in [2.24, 2.45) is 0 Å². The highest BCUT2D eigenvalue weighted by atomic mass is 32.2. The van der Waals surface area contributed by atoms with Crippen LogP contribution in [0.15, 0.2) is 12.1 Å². The first kappa shape index (κ1) is 14.3. The molecule has 4 heteroatoms. The second-order valence-electron chi connectivity index (χ2n) is 5.49. The maximum Gasteiger partial charge on any atom is 0.254 e. The highest BCUT2D eigenvalue weighted by Gasteiger charge is 2.27. The third-order valence-electron chi connectivity index (χ3n) is 3.55. The summed E-state index contributed by atoms with van der Waals surface area (Å²) in [7, 11) is 0. The number of benzene rings is 1. The molecule has 1 amide bonds. The summed E-state index contributed by atoms with van der Waals surface area (Å²) in [5.74, 6) is 0.114. The Morgan fingerprint density at radius 1 is 1.21 bits per heavy atom. The summed E-state index contributed by atoms with van der Waals surface area (Å²) in [6.07, 6.45) is 0. The Labute approximate surface area is 119 Å². The Morgan fingerprint density at radius 3 is 2.37 bits per heavy atom. The van der Waals surface area contributed by atoms with Gasteiger partial charge in [0.1, 0.15) is 0 Å². The predicted octanol–water partition coefficient (Wildman–Crippen LogP) is 2.85. The summed E-state index contributed by atoms with van der Waals surface area (Å²) >= 11 is 1.95. The van der Waals surface area contributed by atoms with Crippen LogP contribution in [0.5, 0.6) is 0 Å². The van der Waals surface area contributed by atoms with Crippen LogP contribution in [-0.2, 0) is 0 Å². The molecule has 0 bridgehead atoms. The Hall–Kier alpha value is -1.16. The van der Waals surface area contributed by atoms with E-state index < -0.39 is 0 Å². The second-order valence-corrected chi connectivity index (χ2v) is 7.37. The SMILES string of the molecule is Cc1cc(C)c(C(=O)N2CC(C)SC(C)C2)cc1N. The van der Waals surface area contributed by atoms with Crippen LogP contribution in [0.4, 0.5) is 5.69 Å². The predicted molar refractivity (Wildman–Crippen MR) is 82.7 cm³/mol. The topological polar surface area (TPSA) is 46.3 Å². The molecule has 0 radical (unpaired) electrons. The van der Waals surface area contributed by atoms with Crippen molar-refractivity contribution in [3.63, 3.8) is 0 Å². The molecule has 1 heterocycles. The molecular formula is C15H22N2OS. The summed E-state index contributed by atoms with van der Waals surface area (Å²) in [6, 6.07) is 3.82. The molecule has 2 atom stereocenters. The van der Waals surface area contributed by atoms with E-state index in [1.807, 2.05) is 42.6 Å². The first-order valence-corrected chi connectivity index (χ1v) is 7.64. The number of carbonyl (C=O) groups excluding carboxylic acids is 1. The van der Waals surface area contributed by atoms with Crippen LogP contribution in [0.3, 0.4) is 0 Å². The van der Waals surface area contributed by atoms with Crippen molar-refractivity contribution in [2.45, 2.75) is 38.2 Å². The van der Waals surface area contributed by atoms with E-state index in [0.29, 0.717) is 16.2 Å². The van der Waals surface area contributed by atoms with E-state index in [-0.39, 0.29) is 5.91 Å². The van der Waals surface area contributed by atoms with Crippen molar-refractivity contribution < 1.29 is 4.79 Å². The molecule has 1 aromatic carbocycles. The number of hydrogen-bond acceptors (Lipinski definition) is 3. The van der Waals surface area contributed by atoms with Gasteiger partial charge in [-0.15, -0.1) is 0 Å². The molecular weight excluding hydrogens is 256 g/mol. The van der Waals surface area contributed by atoms with Gasteiger partial charge in [-0.05, 0) is 31.0 Å². The van der Waals surface area contributed by atoms with Crippen LogP contribution in [0.1, 0.15) is 35.3 Å². The van der Waals surface area contributed by atoms with Gasteiger partial charge < -0.3 is 10.6 Å². The minimum Gasteiger partial charge on any atom is -0.398 e. The highest BCUT2D eigenvalue weighted by molar-refractivity contribution is 8.00. The number of nitrogen functional groups attached to an aromatic ring is 1. The highest BCUT2D eigenvalue weighted by Crippen LogP contribution is 2.27. The summed E-state index contributed by atoms with van der Waals surface area (Å²) < 4.78 is 0. The second kappa shape index (κ2) is 5.45. The Morgan fingerprint density at radius 2 is 1.79 bits per heavy atom. The summed E-state index contributed by atoms with van der Waals surface area (Å²) in [6.45, 7) is 9.94. The van der Waals surface area contributed by atoms with Gasteiger partial charge in [-0.3, -0.25) is 4.79 Å². The minimum atomic E-state index is 0.114. The van der Waals surface area contributed by atoms with E-state index >= 15 is 0 Å². The average molecular weight is 278 g/mol. The summed E-state index contributed by atoms with van der Waals surface area (Å²) in [5.41, 5.74) is 9.42. The molecule has 1 fully saturated rings. The van der Waals surface area contributed by atoms with E-state index in [1.54, 1.807) is 0 Å². The fourth-order valence-electron chi connectivity index (χ4n) is 2.61. The van der Waals surface area contributed by atoms with Crippen molar-refractivity contribution in [1.82, 2.24) is 4.90 Å². The van der Waals surface area contributed by atoms with Crippen molar-refractivity contribution in [2.75, 3.05) is 18.8 Å². The Balaban J connectivity index is 2.26. The van der Waals surface area contributed by atoms with Crippen LogP contribution in [0.25, 0.3) is 0 Å². The Bertz CT molecular complexity index is 491. The van der Waals surface area contributed by atoms with Crippen LogP contribution in [0.2, 0.25) is 0 Å². The van der Waals surface area contributed by atoms with Crippen LogP contribution in [0, 0.1) is 13.8 Å². The van der Waals surface area contributed by atoms with Crippen molar-refractivity contribution in [3.8, 4) is 0 Å². The maximum atomic E-state index is 12.6. The van der Waals surface area contributed by atoms with Crippen LogP contribution >= 0.6 is 11.8 Å². The molecule has 1 aromatic rings. The molecule has 2 N–H and O–H groups in total. The number of nitrogens with two attached hydrogens (primary N) is 1. The molecule has 0 aliphatic carbocycles. The summed E-state index contributed by atoms with van der Waals surface area (Å²) in [5, 5.41) is 0.992. The van der Waals surface area contributed by atoms with E-state index in [2.05, 4.69) is 13.8 Å². The smallest absolute Gasteiger partial charge is 0.254 e. The molecule has 2 unspecified atom stereocenters. The number of carbonyl (C=O) groups is 1. The molecule has 0 spiro atoms. The van der Waals surface area contributed by atoms with Crippen molar-refractivity contribution in [1.29, 1.82) is 0 Å². The number of anilines is 1. The van der Waals surface area contributed by atoms with Gasteiger partial charge in [0, 0.05) is 34.8 Å². The van der Waals surface area contributed by atoms with Gasteiger partial charge >= 0.3 is 0 Å². The lowest BCUT2D eigenvalue weighted by Gasteiger charge is -2.35. The number of thioether (sulfide) groups is 1. The molecule has 1 aliphatic heterocycles. The van der Waals surface area contributed by atoms with Gasteiger partial charge in [0.2, 0.25) is 0 Å². The maximum absolute atomic E-state index is 12.6. The van der Waals surface area contributed by atoms with E-state index in [9.17, 15) is 4.79 Å². The zero-order valence-electron chi connectivity index (χ0n) is 12.1. The van der Waals surface area contributed by atoms with Gasteiger partial charge in [-0.1, -0.05) is 19.9 Å². The molecule has 19 heavy (non-hydrogen) atoms. The zero-order valence-corrected chi connectivity index (χ0v) is 12.9. The van der Waals surface area contributed by atoms with Gasteiger partial charge in [0.25, 0.3) is 5.91 Å². The number of rotatable bonds is 1. The standard InChI is InChI=1S/C15H22N2OS/c1-9-5-10(2)14(16)6-13(9)15(18)17-7-11(3)19-12(4)8-17/h5-6,11-12H,7-8,16H2,1-4H3. The van der Waals surface area contributed by atoms with Crippen LogP contribution < -0.4 is 5.73 Å². The zero-order chi connectivity index (χ0) is 14.2. The molecule has 2 rings (SSSR count). The number of amides is 1. The average Bonchev–Trinajstić information content (AvgIpc) is 2.31. The van der Waals surface area contributed by atoms with E-state index in [0.717, 1.165) is 29.8 Å². The molecule has 0 aromatic heterocycles. The van der Waals surface area contributed by atoms with Crippen molar-refractivity contribution >= 4 is 23.4 Å².